The van der Waals surface area contributed by atoms with E-state index < -0.39 is 6.03 Å². The largest absolute Gasteiger partial charge is 0.497 e. The zero-order valence-corrected chi connectivity index (χ0v) is 20.0. The molecular weight excluding hydrogens is 438 g/mol. The van der Waals surface area contributed by atoms with E-state index in [1.165, 1.54) is 37.4 Å². The fourth-order valence-electron chi connectivity index (χ4n) is 4.74. The number of thioether (sulfide) groups is 1. The summed E-state index contributed by atoms with van der Waals surface area (Å²) >= 11 is 1.33. The summed E-state index contributed by atoms with van der Waals surface area (Å²) in [7, 11) is 1.65. The Balaban J connectivity index is 1.42. The van der Waals surface area contributed by atoms with Gasteiger partial charge in [-0.2, -0.15) is 0 Å². The van der Waals surface area contributed by atoms with Crippen LogP contribution in [0.3, 0.4) is 0 Å². The molecule has 1 heterocycles. The lowest BCUT2D eigenvalue weighted by Crippen LogP contribution is -2.45. The maximum atomic E-state index is 12.4. The highest BCUT2D eigenvalue weighted by Crippen LogP contribution is 2.35. The summed E-state index contributed by atoms with van der Waals surface area (Å²) in [4.78, 5) is 24.6. The van der Waals surface area contributed by atoms with Crippen LogP contribution in [0.1, 0.15) is 70.3 Å². The number of urea groups is 1. The monoisotopic (exact) mass is 471 g/mol. The molecule has 4 rings (SSSR count). The molecule has 0 bridgehead atoms. The SMILES string of the molecule is COc1ccc(-c2nnc(SCC(=O)NC(=O)NC3CCCCC3)n2C2CCCCC2)cc1. The van der Waals surface area contributed by atoms with Gasteiger partial charge in [0.15, 0.2) is 11.0 Å². The Morgan fingerprint density at radius 2 is 1.67 bits per heavy atom. The Morgan fingerprint density at radius 1 is 1.00 bits per heavy atom. The van der Waals surface area contributed by atoms with E-state index in [4.69, 9.17) is 4.74 Å². The molecule has 0 unspecified atom stereocenters. The summed E-state index contributed by atoms with van der Waals surface area (Å²) < 4.78 is 7.46. The first-order valence-electron chi connectivity index (χ1n) is 12.0. The third-order valence-corrected chi connectivity index (χ3v) is 7.42. The van der Waals surface area contributed by atoms with Crippen molar-refractivity contribution in [2.24, 2.45) is 0 Å². The lowest BCUT2D eigenvalue weighted by molar-refractivity contribution is -0.117. The summed E-state index contributed by atoms with van der Waals surface area (Å²) in [6.45, 7) is 0. The summed E-state index contributed by atoms with van der Waals surface area (Å²) in [6.07, 6.45) is 11.2. The number of nitrogens with zero attached hydrogens (tertiary/aromatic N) is 3. The van der Waals surface area contributed by atoms with Gasteiger partial charge in [0, 0.05) is 17.6 Å². The molecule has 0 saturated heterocycles. The highest BCUT2D eigenvalue weighted by atomic mass is 32.2. The first-order valence-corrected chi connectivity index (χ1v) is 12.9. The van der Waals surface area contributed by atoms with Crippen LogP contribution < -0.4 is 15.4 Å². The second-order valence-corrected chi connectivity index (χ2v) is 9.78. The first-order chi connectivity index (χ1) is 16.1. The van der Waals surface area contributed by atoms with E-state index in [-0.39, 0.29) is 17.7 Å². The number of hydrogen-bond acceptors (Lipinski definition) is 6. The second-order valence-electron chi connectivity index (χ2n) is 8.84. The number of carbonyl (C=O) groups is 2. The van der Waals surface area contributed by atoms with E-state index in [9.17, 15) is 9.59 Å². The summed E-state index contributed by atoms with van der Waals surface area (Å²) in [5, 5.41) is 15.0. The number of imide groups is 1. The van der Waals surface area contributed by atoms with Crippen molar-refractivity contribution in [2.45, 2.75) is 81.4 Å². The van der Waals surface area contributed by atoms with Crippen molar-refractivity contribution in [3.63, 3.8) is 0 Å². The van der Waals surface area contributed by atoms with Crippen LogP contribution in [0.15, 0.2) is 29.4 Å². The number of rotatable bonds is 7. The quantitative estimate of drug-likeness (QED) is 0.568. The van der Waals surface area contributed by atoms with Crippen molar-refractivity contribution < 1.29 is 14.3 Å². The Morgan fingerprint density at radius 3 is 2.33 bits per heavy atom. The van der Waals surface area contributed by atoms with Gasteiger partial charge in [0.25, 0.3) is 0 Å². The van der Waals surface area contributed by atoms with Crippen LogP contribution in [0.4, 0.5) is 4.79 Å². The van der Waals surface area contributed by atoms with Gasteiger partial charge in [-0.05, 0) is 49.9 Å². The summed E-state index contributed by atoms with van der Waals surface area (Å²) in [6, 6.07) is 7.88. The third kappa shape index (κ3) is 6.28. The Hall–Kier alpha value is -2.55. The van der Waals surface area contributed by atoms with E-state index in [0.29, 0.717) is 6.04 Å². The van der Waals surface area contributed by atoms with E-state index in [2.05, 4.69) is 25.4 Å². The number of amides is 3. The van der Waals surface area contributed by atoms with E-state index in [1.54, 1.807) is 7.11 Å². The van der Waals surface area contributed by atoms with Crippen molar-refractivity contribution in [3.8, 4) is 17.1 Å². The summed E-state index contributed by atoms with van der Waals surface area (Å²) in [5.41, 5.74) is 0.969. The van der Waals surface area contributed by atoms with Crippen molar-refractivity contribution in [1.82, 2.24) is 25.4 Å². The van der Waals surface area contributed by atoms with Crippen molar-refractivity contribution in [2.75, 3.05) is 12.9 Å². The maximum Gasteiger partial charge on any atom is 0.321 e. The number of methoxy groups -OCH3 is 1. The number of carbonyl (C=O) groups excluding carboxylic acids is 2. The fraction of sp³-hybridized carbons (Fsp3) is 0.583. The molecule has 2 aromatic rings. The van der Waals surface area contributed by atoms with Gasteiger partial charge in [-0.15, -0.1) is 10.2 Å². The highest BCUT2D eigenvalue weighted by molar-refractivity contribution is 7.99. The number of aromatic nitrogens is 3. The van der Waals surface area contributed by atoms with E-state index in [0.717, 1.165) is 60.8 Å². The fourth-order valence-corrected chi connectivity index (χ4v) is 5.55. The van der Waals surface area contributed by atoms with Gasteiger partial charge in [-0.3, -0.25) is 14.7 Å². The molecule has 1 aromatic heterocycles. The third-order valence-electron chi connectivity index (χ3n) is 6.48. The zero-order chi connectivity index (χ0) is 23.0. The highest BCUT2D eigenvalue weighted by Gasteiger charge is 2.25. The van der Waals surface area contributed by atoms with Crippen molar-refractivity contribution >= 4 is 23.7 Å². The average molecular weight is 472 g/mol. The van der Waals surface area contributed by atoms with E-state index in [1.807, 2.05) is 24.3 Å². The molecule has 3 amide bonds. The Labute approximate surface area is 199 Å². The number of hydrogen-bond donors (Lipinski definition) is 2. The van der Waals surface area contributed by atoms with Crippen LogP contribution in [-0.4, -0.2) is 45.6 Å². The minimum atomic E-state index is -0.403. The zero-order valence-electron chi connectivity index (χ0n) is 19.2. The molecule has 0 radical (unpaired) electrons. The molecule has 2 N–H and O–H groups in total. The average Bonchev–Trinajstić information content (AvgIpc) is 3.28. The van der Waals surface area contributed by atoms with Crippen molar-refractivity contribution in [1.29, 1.82) is 0 Å². The van der Waals surface area contributed by atoms with Gasteiger partial charge in [0.2, 0.25) is 5.91 Å². The number of nitrogens with one attached hydrogen (secondary N) is 2. The molecule has 2 aliphatic carbocycles. The Bertz CT molecular complexity index is 934. The van der Waals surface area contributed by atoms with Gasteiger partial charge in [0.1, 0.15) is 5.75 Å². The molecule has 1 aromatic carbocycles. The number of benzene rings is 1. The molecule has 0 spiro atoms. The molecule has 2 aliphatic rings. The minimum Gasteiger partial charge on any atom is -0.497 e. The second kappa shape index (κ2) is 11.5. The van der Waals surface area contributed by atoms with Crippen LogP contribution in [-0.2, 0) is 4.79 Å². The van der Waals surface area contributed by atoms with Gasteiger partial charge in [0.05, 0.1) is 12.9 Å². The lowest BCUT2D eigenvalue weighted by Gasteiger charge is -2.25. The summed E-state index contributed by atoms with van der Waals surface area (Å²) in [5.74, 6) is 1.39. The molecule has 9 heteroatoms. The normalized spacial score (nSPS) is 17.5. The maximum absolute atomic E-state index is 12.4. The molecule has 8 nitrogen and oxygen atoms in total. The van der Waals surface area contributed by atoms with Gasteiger partial charge < -0.3 is 10.1 Å². The van der Waals surface area contributed by atoms with Gasteiger partial charge in [-0.1, -0.05) is 50.3 Å². The van der Waals surface area contributed by atoms with Crippen LogP contribution in [0.5, 0.6) is 5.75 Å². The minimum absolute atomic E-state index is 0.117. The van der Waals surface area contributed by atoms with Gasteiger partial charge >= 0.3 is 6.03 Å². The van der Waals surface area contributed by atoms with Crippen LogP contribution in [0.2, 0.25) is 0 Å². The topological polar surface area (TPSA) is 98.1 Å². The van der Waals surface area contributed by atoms with Gasteiger partial charge in [-0.25, -0.2) is 4.79 Å². The predicted octanol–water partition coefficient (Wildman–Crippen LogP) is 4.71. The predicted molar refractivity (Wildman–Crippen MR) is 128 cm³/mol. The molecule has 2 saturated carbocycles. The van der Waals surface area contributed by atoms with Crippen LogP contribution in [0, 0.1) is 0 Å². The molecule has 0 atom stereocenters. The molecule has 0 aliphatic heterocycles. The van der Waals surface area contributed by atoms with E-state index >= 15 is 0 Å². The number of ether oxygens (including phenoxy) is 1. The standard InChI is InChI=1S/C24H33N5O3S/c1-32-20-14-12-17(13-15-20)22-27-28-24(29(22)19-10-6-3-7-11-19)33-16-21(30)26-23(31)25-18-8-4-2-5-9-18/h12-15,18-19H,2-11,16H2,1H3,(H2,25,26,30,31). The Kier molecular flexibility index (Phi) is 8.25. The lowest BCUT2D eigenvalue weighted by atomic mass is 9.95. The molecule has 2 fully saturated rings. The first kappa shape index (κ1) is 23.6. The van der Waals surface area contributed by atoms with Crippen molar-refractivity contribution in [3.05, 3.63) is 24.3 Å². The molecular formula is C24H33N5O3S. The van der Waals surface area contributed by atoms with Crippen LogP contribution in [0.25, 0.3) is 11.4 Å². The van der Waals surface area contributed by atoms with Crippen LogP contribution >= 0.6 is 11.8 Å². The molecule has 33 heavy (non-hydrogen) atoms. The smallest absolute Gasteiger partial charge is 0.321 e. The molecule has 178 valence electrons.